The number of nitrogens with two attached hydrogens (primary N) is 1. The van der Waals surface area contributed by atoms with Crippen LogP contribution in [0.2, 0.25) is 0 Å². The minimum atomic E-state index is -1.20. The fourth-order valence-electron chi connectivity index (χ4n) is 5.85. The van der Waals surface area contributed by atoms with Gasteiger partial charge in [-0.25, -0.2) is 28.5 Å². The number of nitrogens with zero attached hydrogens (tertiary/aromatic N) is 6. The van der Waals surface area contributed by atoms with Gasteiger partial charge < -0.3 is 24.8 Å². The average molecular weight is 582 g/mol. The van der Waals surface area contributed by atoms with Crippen LogP contribution in [0.25, 0.3) is 11.3 Å². The highest BCUT2D eigenvalue weighted by Crippen LogP contribution is 2.37. The van der Waals surface area contributed by atoms with Gasteiger partial charge in [0.2, 0.25) is 0 Å². The summed E-state index contributed by atoms with van der Waals surface area (Å²) in [6.45, 7) is 13.8. The summed E-state index contributed by atoms with van der Waals surface area (Å²) in [5.74, 6) is 1.34. The molecule has 2 aliphatic rings. The number of amides is 1. The van der Waals surface area contributed by atoms with Crippen molar-refractivity contribution in [3.63, 3.8) is 0 Å². The summed E-state index contributed by atoms with van der Waals surface area (Å²) in [6.07, 6.45) is 2.38. The van der Waals surface area contributed by atoms with Crippen molar-refractivity contribution in [1.82, 2.24) is 24.4 Å². The van der Waals surface area contributed by atoms with Crippen molar-refractivity contribution >= 4 is 17.7 Å². The molecule has 4 heterocycles. The lowest BCUT2D eigenvalue weighted by Gasteiger charge is -2.40. The molecular formula is C31H41F2N7O2. The predicted molar refractivity (Wildman–Crippen MR) is 159 cm³/mol. The molecule has 0 unspecified atom stereocenters. The molecule has 2 aliphatic heterocycles. The Morgan fingerprint density at radius 2 is 1.93 bits per heavy atom. The van der Waals surface area contributed by atoms with Crippen LogP contribution in [0.3, 0.4) is 0 Å². The second-order valence-corrected chi connectivity index (χ2v) is 12.9. The van der Waals surface area contributed by atoms with Crippen LogP contribution in [0.1, 0.15) is 69.8 Å². The molecule has 0 aliphatic carbocycles. The zero-order valence-electron chi connectivity index (χ0n) is 25.3. The molecule has 0 saturated carbocycles. The number of imidazole rings is 1. The Morgan fingerprint density at radius 3 is 2.57 bits per heavy atom. The monoisotopic (exact) mass is 581 g/mol. The number of ether oxygens (including phenoxy) is 1. The fraction of sp³-hybridized carbons (Fsp3) is 0.548. The van der Waals surface area contributed by atoms with Gasteiger partial charge in [-0.2, -0.15) is 0 Å². The van der Waals surface area contributed by atoms with Crippen LogP contribution in [0.4, 0.5) is 25.2 Å². The molecule has 2 fully saturated rings. The highest BCUT2D eigenvalue weighted by molar-refractivity contribution is 5.69. The smallest absolute Gasteiger partial charge is 0.410 e. The highest BCUT2D eigenvalue weighted by atomic mass is 19.1. The van der Waals surface area contributed by atoms with Gasteiger partial charge in [0.05, 0.1) is 18.2 Å². The number of aryl methyl sites for hydroxylation is 1. The Kier molecular flexibility index (Phi) is 8.13. The Hall–Kier alpha value is -3.76. The van der Waals surface area contributed by atoms with E-state index in [0.717, 1.165) is 11.1 Å². The van der Waals surface area contributed by atoms with E-state index < -0.39 is 17.7 Å². The number of anilines is 2. The zero-order valence-corrected chi connectivity index (χ0v) is 25.3. The number of carbonyl (C=O) groups excluding carboxylic acids is 1. The first-order valence-corrected chi connectivity index (χ1v) is 14.6. The maximum absolute atomic E-state index is 16.1. The van der Waals surface area contributed by atoms with Gasteiger partial charge in [-0.3, -0.25) is 0 Å². The lowest BCUT2D eigenvalue weighted by Crippen LogP contribution is -2.53. The van der Waals surface area contributed by atoms with E-state index in [9.17, 15) is 9.18 Å². The first-order chi connectivity index (χ1) is 19.8. The van der Waals surface area contributed by atoms with Gasteiger partial charge in [0.15, 0.2) is 0 Å². The molecule has 2 atom stereocenters. The quantitative estimate of drug-likeness (QED) is 0.399. The molecule has 2 saturated heterocycles. The second kappa shape index (κ2) is 11.5. The predicted octanol–water partition coefficient (Wildman–Crippen LogP) is 5.69. The van der Waals surface area contributed by atoms with Gasteiger partial charge >= 0.3 is 6.09 Å². The number of rotatable bonds is 6. The van der Waals surface area contributed by atoms with Crippen molar-refractivity contribution in [2.45, 2.75) is 78.1 Å². The van der Waals surface area contributed by atoms with E-state index in [1.807, 2.05) is 50.3 Å². The molecule has 5 rings (SSSR count). The van der Waals surface area contributed by atoms with E-state index in [-0.39, 0.29) is 30.3 Å². The summed E-state index contributed by atoms with van der Waals surface area (Å²) in [6, 6.07) is 4.90. The molecule has 11 heteroatoms. The number of piperidine rings is 1. The molecule has 0 bridgehead atoms. The lowest BCUT2D eigenvalue weighted by molar-refractivity contribution is -0.00352. The Labute approximate surface area is 246 Å². The van der Waals surface area contributed by atoms with Crippen molar-refractivity contribution < 1.29 is 18.3 Å². The van der Waals surface area contributed by atoms with Crippen LogP contribution >= 0.6 is 0 Å². The number of carbonyl (C=O) groups is 1. The maximum Gasteiger partial charge on any atom is 0.410 e. The topological polar surface area (TPSA) is 102 Å². The van der Waals surface area contributed by atoms with Gasteiger partial charge in [0.1, 0.15) is 41.4 Å². The number of benzene rings is 1. The van der Waals surface area contributed by atoms with Gasteiger partial charge in [0, 0.05) is 49.4 Å². The first kappa shape index (κ1) is 29.7. The van der Waals surface area contributed by atoms with E-state index in [1.54, 1.807) is 24.0 Å². The molecule has 0 radical (unpaired) electrons. The summed E-state index contributed by atoms with van der Waals surface area (Å²) in [7, 11) is 0. The number of alkyl halides is 1. The third-order valence-corrected chi connectivity index (χ3v) is 7.97. The zero-order chi connectivity index (χ0) is 30.3. The Balaban J connectivity index is 1.38. The maximum atomic E-state index is 16.1. The molecule has 2 aromatic heterocycles. The van der Waals surface area contributed by atoms with Gasteiger partial charge in [-0.15, -0.1) is 0 Å². The molecule has 1 aromatic carbocycles. The highest BCUT2D eigenvalue weighted by Gasteiger charge is 2.38. The largest absolute Gasteiger partial charge is 0.444 e. The summed E-state index contributed by atoms with van der Waals surface area (Å²) in [5.41, 5.74) is 8.42. The fourth-order valence-corrected chi connectivity index (χ4v) is 5.85. The van der Waals surface area contributed by atoms with Crippen molar-refractivity contribution in [3.8, 4) is 11.3 Å². The van der Waals surface area contributed by atoms with E-state index in [1.165, 1.54) is 12.4 Å². The number of aromatic nitrogens is 4. The van der Waals surface area contributed by atoms with Gasteiger partial charge in [-0.1, -0.05) is 13.8 Å². The van der Waals surface area contributed by atoms with Crippen molar-refractivity contribution in [2.24, 2.45) is 5.92 Å². The normalized spacial score (nSPS) is 19.7. The number of nitrogen functional groups attached to an aromatic ring is 1. The number of likely N-dealkylation sites (tertiary alicyclic amines) is 1. The molecule has 42 heavy (non-hydrogen) atoms. The average Bonchev–Trinajstić information content (AvgIpc) is 3.29. The Bertz CT molecular complexity index is 1450. The molecule has 226 valence electrons. The molecule has 3 aromatic rings. The minimum absolute atomic E-state index is 0.0975. The van der Waals surface area contributed by atoms with Crippen LogP contribution in [-0.2, 0) is 11.3 Å². The molecule has 2 N–H and O–H groups in total. The van der Waals surface area contributed by atoms with Crippen molar-refractivity contribution in [1.29, 1.82) is 0 Å². The van der Waals surface area contributed by atoms with Crippen LogP contribution in [-0.4, -0.2) is 68.5 Å². The van der Waals surface area contributed by atoms with Gasteiger partial charge in [0.25, 0.3) is 0 Å². The molecule has 9 nitrogen and oxygen atoms in total. The first-order valence-electron chi connectivity index (χ1n) is 14.6. The summed E-state index contributed by atoms with van der Waals surface area (Å²) in [5, 5.41) is 0. The Morgan fingerprint density at radius 1 is 1.19 bits per heavy atom. The van der Waals surface area contributed by atoms with E-state index >= 15 is 4.39 Å². The van der Waals surface area contributed by atoms with Crippen molar-refractivity contribution in [3.05, 3.63) is 53.5 Å². The van der Waals surface area contributed by atoms with Crippen LogP contribution < -0.4 is 10.6 Å². The lowest BCUT2D eigenvalue weighted by atomic mass is 9.92. The van der Waals surface area contributed by atoms with Crippen LogP contribution in [0.15, 0.2) is 30.7 Å². The summed E-state index contributed by atoms with van der Waals surface area (Å²) < 4.78 is 37.6. The number of hydrogen-bond donors (Lipinski definition) is 1. The van der Waals surface area contributed by atoms with Gasteiger partial charge in [-0.05, 0) is 63.8 Å². The van der Waals surface area contributed by atoms with Crippen molar-refractivity contribution in [2.75, 3.05) is 36.8 Å². The molecule has 0 spiro atoms. The summed E-state index contributed by atoms with van der Waals surface area (Å²) >= 11 is 0. The standard InChI is InChI=1S/C31H41F2N7O2/c1-18(2)26-27(34)35-17-36-29(26)38-10-9-22(24(33)15-38)28-37-25(21-7-8-23(32)19(3)11-21)16-39(28)12-20-13-40(14-20)30(41)42-31(4,5)6/h7-8,11,16-18,20,22,24H,9-10,12-15H2,1-6H3,(H2,34,35,36)/t22-,24+/m0/s1. The minimum Gasteiger partial charge on any atom is -0.444 e. The SMILES string of the molecule is Cc1cc(-c2cn(CC3CN(C(=O)OC(C)(C)C)C3)c([C@H]3CCN(c4ncnc(N)c4C(C)C)C[C@H]3F)n2)ccc1F. The number of halogens is 2. The van der Waals surface area contributed by atoms with Crippen LogP contribution in [0.5, 0.6) is 0 Å². The number of hydrogen-bond acceptors (Lipinski definition) is 7. The third-order valence-electron chi connectivity index (χ3n) is 7.97. The van der Waals surface area contributed by atoms with E-state index in [2.05, 4.69) is 9.97 Å². The van der Waals surface area contributed by atoms with Crippen LogP contribution in [0, 0.1) is 18.7 Å². The summed E-state index contributed by atoms with van der Waals surface area (Å²) in [4.78, 5) is 29.6. The van der Waals surface area contributed by atoms with E-state index in [0.29, 0.717) is 61.3 Å². The molecule has 1 amide bonds. The molecular weight excluding hydrogens is 540 g/mol. The second-order valence-electron chi connectivity index (χ2n) is 12.9. The third kappa shape index (κ3) is 6.19. The van der Waals surface area contributed by atoms with E-state index in [4.69, 9.17) is 15.5 Å².